The summed E-state index contributed by atoms with van der Waals surface area (Å²) in [5, 5.41) is 8.82. The van der Waals surface area contributed by atoms with Gasteiger partial charge in [0.05, 0.1) is 46.1 Å². The van der Waals surface area contributed by atoms with E-state index in [1.807, 2.05) is 6.07 Å². The van der Waals surface area contributed by atoms with E-state index in [0.29, 0.717) is 16.7 Å². The molecule has 44 heavy (non-hydrogen) atoms. The second-order valence-corrected chi connectivity index (χ2v) is 11.1. The van der Waals surface area contributed by atoms with Crippen LogP contribution in [0.25, 0.3) is 10.1 Å². The standard InChI is InChI=1S/C30H32F6N4O3S/c1-37-28(41)20-15-25(43-29(32)33)24(16-22(20)31)38-10-4-7-26-21(17-30(34,35)36)19-5-3-6-23(27(19)44-26)39-18-8-11-40(12-9-18)13-14-42-2/h3,5-6,15-16,18,29,38-39H,8-14,17H2,1-2H3,(H,37,41). The van der Waals surface area contributed by atoms with Crippen LogP contribution >= 0.6 is 11.3 Å². The molecule has 3 aromatic rings. The zero-order valence-corrected chi connectivity index (χ0v) is 24.9. The third-order valence-electron chi connectivity index (χ3n) is 7.08. The highest BCUT2D eigenvalue weighted by Gasteiger charge is 2.31. The van der Waals surface area contributed by atoms with Crippen LogP contribution in [0.3, 0.4) is 0 Å². The van der Waals surface area contributed by atoms with Crippen molar-refractivity contribution < 1.29 is 40.6 Å². The molecule has 4 rings (SSSR count). The lowest BCUT2D eigenvalue weighted by Gasteiger charge is -2.32. The number of carbonyl (C=O) groups excluding carboxylic acids is 1. The molecule has 0 spiro atoms. The van der Waals surface area contributed by atoms with Gasteiger partial charge < -0.3 is 30.3 Å². The lowest BCUT2D eigenvalue weighted by Crippen LogP contribution is -2.40. The van der Waals surface area contributed by atoms with Crippen molar-refractivity contribution in [3.63, 3.8) is 0 Å². The summed E-state index contributed by atoms with van der Waals surface area (Å²) in [6.07, 6.45) is -3.90. The van der Waals surface area contributed by atoms with Gasteiger partial charge in [-0.1, -0.05) is 24.0 Å². The maximum atomic E-state index is 14.5. The van der Waals surface area contributed by atoms with Crippen molar-refractivity contribution in [2.45, 2.75) is 38.1 Å². The number of likely N-dealkylation sites (tertiary alicyclic amines) is 1. The third-order valence-corrected chi connectivity index (χ3v) is 8.28. The first kappa shape index (κ1) is 33.2. The van der Waals surface area contributed by atoms with Crippen molar-refractivity contribution in [1.82, 2.24) is 10.2 Å². The summed E-state index contributed by atoms with van der Waals surface area (Å²) >= 11 is 1.14. The molecule has 0 atom stereocenters. The smallest absolute Gasteiger partial charge is 0.393 e. The molecule has 0 radical (unpaired) electrons. The molecule has 0 saturated carbocycles. The third kappa shape index (κ3) is 8.71. The molecular weight excluding hydrogens is 610 g/mol. The highest BCUT2D eigenvalue weighted by atomic mass is 32.1. The number of thiophene rings is 1. The predicted octanol–water partition coefficient (Wildman–Crippen LogP) is 6.09. The zero-order chi connectivity index (χ0) is 31.9. The van der Waals surface area contributed by atoms with E-state index in [9.17, 15) is 31.1 Å². The van der Waals surface area contributed by atoms with E-state index in [2.05, 4.69) is 37.4 Å². The Morgan fingerprint density at radius 2 is 1.93 bits per heavy atom. The minimum atomic E-state index is -4.48. The number of fused-ring (bicyclic) bond motifs is 1. The monoisotopic (exact) mass is 642 g/mol. The van der Waals surface area contributed by atoms with Crippen molar-refractivity contribution in [1.29, 1.82) is 0 Å². The molecule has 2 aromatic carbocycles. The Balaban J connectivity index is 1.56. The van der Waals surface area contributed by atoms with Gasteiger partial charge in [-0.25, -0.2) is 4.39 Å². The molecule has 2 heterocycles. The topological polar surface area (TPSA) is 74.9 Å². The number of carbonyl (C=O) groups is 1. The van der Waals surface area contributed by atoms with Gasteiger partial charge in [-0.3, -0.25) is 4.79 Å². The van der Waals surface area contributed by atoms with E-state index >= 15 is 0 Å². The number of hydrogen-bond acceptors (Lipinski definition) is 7. The molecule has 0 unspecified atom stereocenters. The van der Waals surface area contributed by atoms with E-state index in [1.54, 1.807) is 19.2 Å². The largest absolute Gasteiger partial charge is 0.433 e. The minimum absolute atomic E-state index is 0.0470. The van der Waals surface area contributed by atoms with Gasteiger partial charge in [-0.15, -0.1) is 11.3 Å². The molecule has 1 aliphatic rings. The number of anilines is 2. The maximum Gasteiger partial charge on any atom is 0.393 e. The highest BCUT2D eigenvalue weighted by Crippen LogP contribution is 2.39. The van der Waals surface area contributed by atoms with Gasteiger partial charge in [0.25, 0.3) is 5.91 Å². The average molecular weight is 643 g/mol. The number of hydrogen-bond donors (Lipinski definition) is 3. The van der Waals surface area contributed by atoms with Crippen molar-refractivity contribution >= 4 is 38.7 Å². The molecule has 1 aromatic heterocycles. The van der Waals surface area contributed by atoms with E-state index in [1.165, 1.54) is 7.05 Å². The molecule has 1 fully saturated rings. The van der Waals surface area contributed by atoms with Gasteiger partial charge in [0, 0.05) is 45.9 Å². The van der Waals surface area contributed by atoms with Crippen LogP contribution in [0, 0.1) is 17.7 Å². The normalized spacial score (nSPS) is 14.4. The zero-order valence-electron chi connectivity index (χ0n) is 24.0. The Morgan fingerprint density at radius 1 is 1.18 bits per heavy atom. The fourth-order valence-corrected chi connectivity index (χ4v) is 6.13. The number of nitrogens with one attached hydrogen (secondary N) is 3. The number of benzene rings is 2. The van der Waals surface area contributed by atoms with Crippen LogP contribution in [0.4, 0.5) is 37.7 Å². The second-order valence-electron chi connectivity index (χ2n) is 10.1. The fraction of sp³-hybridized carbons (Fsp3) is 0.433. The molecule has 1 aliphatic heterocycles. The van der Waals surface area contributed by atoms with E-state index in [0.717, 1.165) is 61.6 Å². The summed E-state index contributed by atoms with van der Waals surface area (Å²) in [7, 11) is 2.92. The van der Waals surface area contributed by atoms with Crippen molar-refractivity contribution in [3.05, 3.63) is 52.2 Å². The van der Waals surface area contributed by atoms with Gasteiger partial charge in [0.15, 0.2) is 0 Å². The number of alkyl halides is 5. The molecule has 3 N–H and O–H groups in total. The SMILES string of the molecule is CNC(=O)c1cc(OC(F)F)c(NCC#Cc2sc3c(NC4CCN(CCOC)CC4)cccc3c2CC(F)(F)F)cc1F. The first-order valence-electron chi connectivity index (χ1n) is 13.8. The number of amides is 1. The van der Waals surface area contributed by atoms with Crippen LogP contribution in [0.1, 0.15) is 33.6 Å². The molecule has 238 valence electrons. The molecule has 7 nitrogen and oxygen atoms in total. The first-order valence-corrected chi connectivity index (χ1v) is 14.6. The predicted molar refractivity (Wildman–Crippen MR) is 158 cm³/mol. The molecule has 0 bridgehead atoms. The van der Waals surface area contributed by atoms with Crippen LogP contribution in [-0.4, -0.2) is 76.6 Å². The lowest BCUT2D eigenvalue weighted by atomic mass is 10.0. The van der Waals surface area contributed by atoms with Crippen LogP contribution in [0.5, 0.6) is 5.75 Å². The average Bonchev–Trinajstić information content (AvgIpc) is 3.32. The van der Waals surface area contributed by atoms with Crippen molar-refractivity contribution in [2.24, 2.45) is 0 Å². The maximum absolute atomic E-state index is 14.5. The fourth-order valence-electron chi connectivity index (χ4n) is 4.96. The Kier molecular flexibility index (Phi) is 11.2. The van der Waals surface area contributed by atoms with Crippen molar-refractivity contribution in [3.8, 4) is 17.6 Å². The first-order chi connectivity index (χ1) is 21.0. The summed E-state index contributed by atoms with van der Waals surface area (Å²) in [6.45, 7) is -0.221. The van der Waals surface area contributed by atoms with Crippen LogP contribution in [-0.2, 0) is 11.2 Å². The molecule has 0 aliphatic carbocycles. The van der Waals surface area contributed by atoms with Crippen LogP contribution in [0.2, 0.25) is 0 Å². The minimum Gasteiger partial charge on any atom is -0.433 e. The number of rotatable bonds is 11. The molecular formula is C30H32F6N4O3S. The molecule has 1 amide bonds. The number of ether oxygens (including phenoxy) is 2. The quantitative estimate of drug-likeness (QED) is 0.174. The number of nitrogens with zero attached hydrogens (tertiary/aromatic N) is 1. The number of methoxy groups -OCH3 is 1. The van der Waals surface area contributed by atoms with E-state index in [-0.39, 0.29) is 28.7 Å². The van der Waals surface area contributed by atoms with E-state index in [4.69, 9.17) is 4.74 Å². The van der Waals surface area contributed by atoms with Gasteiger partial charge in [-0.2, -0.15) is 22.0 Å². The van der Waals surface area contributed by atoms with Gasteiger partial charge in [0.1, 0.15) is 11.6 Å². The second kappa shape index (κ2) is 14.9. The molecule has 1 saturated heterocycles. The van der Waals surface area contributed by atoms with Gasteiger partial charge in [0.2, 0.25) is 0 Å². The Morgan fingerprint density at radius 3 is 2.59 bits per heavy atom. The van der Waals surface area contributed by atoms with Crippen LogP contribution in [0.15, 0.2) is 30.3 Å². The summed E-state index contributed by atoms with van der Waals surface area (Å²) < 4.78 is 91.5. The highest BCUT2D eigenvalue weighted by molar-refractivity contribution is 7.20. The lowest BCUT2D eigenvalue weighted by molar-refractivity contribution is -0.127. The summed E-state index contributed by atoms with van der Waals surface area (Å²) in [6, 6.07) is 7.00. The Bertz CT molecular complexity index is 1510. The summed E-state index contributed by atoms with van der Waals surface area (Å²) in [4.78, 5) is 14.4. The van der Waals surface area contributed by atoms with E-state index < -0.39 is 42.2 Å². The van der Waals surface area contributed by atoms with Crippen LogP contribution < -0.4 is 20.7 Å². The Hall–Kier alpha value is -3.67. The summed E-state index contributed by atoms with van der Waals surface area (Å²) in [5.41, 5.74) is 0.0860. The van der Waals surface area contributed by atoms with Crippen molar-refractivity contribution in [2.75, 3.05) is 57.6 Å². The van der Waals surface area contributed by atoms with Gasteiger partial charge in [-0.05, 0) is 35.9 Å². The number of piperidine rings is 1. The Labute approximate surface area is 254 Å². The number of halogens is 6. The van der Waals surface area contributed by atoms with Gasteiger partial charge >= 0.3 is 12.8 Å². The summed E-state index contributed by atoms with van der Waals surface area (Å²) in [5.74, 6) is 3.18. The molecule has 14 heteroatoms.